The van der Waals surface area contributed by atoms with Crippen LogP contribution in [0.4, 0.5) is 5.69 Å². The summed E-state index contributed by atoms with van der Waals surface area (Å²) in [6.45, 7) is 2.79. The molecule has 0 spiro atoms. The van der Waals surface area contributed by atoms with Crippen LogP contribution in [0.1, 0.15) is 40.5 Å². The lowest BCUT2D eigenvalue weighted by Crippen LogP contribution is -2.43. The number of benzene rings is 2. The van der Waals surface area contributed by atoms with Gasteiger partial charge in [0.15, 0.2) is 0 Å². The molecule has 3 rings (SSSR count). The second-order valence-electron chi connectivity index (χ2n) is 7.35. The van der Waals surface area contributed by atoms with Crippen molar-refractivity contribution in [3.8, 4) is 0 Å². The van der Waals surface area contributed by atoms with Crippen LogP contribution >= 0.6 is 0 Å². The predicted molar refractivity (Wildman–Crippen MR) is 112 cm³/mol. The van der Waals surface area contributed by atoms with E-state index in [9.17, 15) is 19.2 Å². The number of ether oxygens (including phenoxy) is 1. The van der Waals surface area contributed by atoms with E-state index in [0.717, 1.165) is 0 Å². The minimum absolute atomic E-state index is 0.0179. The zero-order valence-corrected chi connectivity index (χ0v) is 17.4. The summed E-state index contributed by atoms with van der Waals surface area (Å²) in [5.74, 6) is -1.48. The van der Waals surface area contributed by atoms with E-state index in [2.05, 4.69) is 5.32 Å². The molecule has 8 heteroatoms. The first-order valence-electron chi connectivity index (χ1n) is 9.85. The molecule has 1 aliphatic heterocycles. The van der Waals surface area contributed by atoms with E-state index in [1.165, 1.54) is 4.90 Å². The molecule has 0 aromatic heterocycles. The van der Waals surface area contributed by atoms with Crippen molar-refractivity contribution in [2.24, 2.45) is 0 Å². The summed E-state index contributed by atoms with van der Waals surface area (Å²) >= 11 is 0. The fourth-order valence-electron chi connectivity index (χ4n) is 3.41. The molecule has 30 heavy (non-hydrogen) atoms. The van der Waals surface area contributed by atoms with Gasteiger partial charge in [-0.05, 0) is 44.6 Å². The highest BCUT2D eigenvalue weighted by molar-refractivity contribution is 6.26. The standard InChI is InChI=1S/C22H25N3O5/c1-4-30-19(27)9-8-18(26)23-15-12-14-6-5-7-16-20(14)17(13-15)22(29)25(21(16)28)11-10-24(2)3/h5-7,12-13H,4,8-11H2,1-3H3,(H,23,26). The summed E-state index contributed by atoms with van der Waals surface area (Å²) in [5, 5.41) is 4.03. The van der Waals surface area contributed by atoms with Gasteiger partial charge in [0, 0.05) is 36.1 Å². The van der Waals surface area contributed by atoms with Gasteiger partial charge in [-0.2, -0.15) is 0 Å². The quantitative estimate of drug-likeness (QED) is 0.529. The lowest BCUT2D eigenvalue weighted by molar-refractivity contribution is -0.144. The molecule has 0 saturated heterocycles. The van der Waals surface area contributed by atoms with E-state index in [4.69, 9.17) is 4.74 Å². The minimum Gasteiger partial charge on any atom is -0.466 e. The lowest BCUT2D eigenvalue weighted by atomic mass is 9.93. The summed E-state index contributed by atoms with van der Waals surface area (Å²) in [5.41, 5.74) is 1.29. The molecule has 1 N–H and O–H groups in total. The zero-order valence-electron chi connectivity index (χ0n) is 17.4. The van der Waals surface area contributed by atoms with Crippen molar-refractivity contribution < 1.29 is 23.9 Å². The molecule has 0 saturated carbocycles. The van der Waals surface area contributed by atoms with E-state index in [1.807, 2.05) is 19.0 Å². The van der Waals surface area contributed by atoms with Crippen LogP contribution in [0, 0.1) is 0 Å². The molecule has 0 unspecified atom stereocenters. The van der Waals surface area contributed by atoms with Gasteiger partial charge in [-0.3, -0.25) is 24.1 Å². The van der Waals surface area contributed by atoms with Crippen molar-refractivity contribution in [3.63, 3.8) is 0 Å². The molecule has 0 aliphatic carbocycles. The summed E-state index contributed by atoms with van der Waals surface area (Å²) in [6.07, 6.45) is -0.0381. The van der Waals surface area contributed by atoms with E-state index in [0.29, 0.717) is 34.1 Å². The Morgan fingerprint density at radius 2 is 1.80 bits per heavy atom. The lowest BCUT2D eigenvalue weighted by Gasteiger charge is -2.28. The topological polar surface area (TPSA) is 96.0 Å². The van der Waals surface area contributed by atoms with Crippen LogP contribution in [-0.4, -0.2) is 67.3 Å². The van der Waals surface area contributed by atoms with Gasteiger partial charge in [0.05, 0.1) is 18.6 Å². The molecule has 0 atom stereocenters. The predicted octanol–water partition coefficient (Wildman–Crippen LogP) is 2.28. The number of carbonyl (C=O) groups excluding carboxylic acids is 4. The number of nitrogens with one attached hydrogen (secondary N) is 1. The molecule has 2 aromatic carbocycles. The minimum atomic E-state index is -0.434. The van der Waals surface area contributed by atoms with Crippen LogP contribution < -0.4 is 5.32 Å². The number of carbonyl (C=O) groups is 4. The van der Waals surface area contributed by atoms with E-state index in [-0.39, 0.29) is 43.7 Å². The van der Waals surface area contributed by atoms with Crippen LogP contribution in [0.5, 0.6) is 0 Å². The number of hydrogen-bond donors (Lipinski definition) is 1. The van der Waals surface area contributed by atoms with Gasteiger partial charge < -0.3 is 15.0 Å². The van der Waals surface area contributed by atoms with Gasteiger partial charge in [-0.25, -0.2) is 0 Å². The largest absolute Gasteiger partial charge is 0.466 e. The summed E-state index contributed by atoms with van der Waals surface area (Å²) in [4.78, 5) is 52.8. The number of rotatable bonds is 8. The van der Waals surface area contributed by atoms with E-state index in [1.54, 1.807) is 37.3 Å². The molecular weight excluding hydrogens is 386 g/mol. The molecule has 1 heterocycles. The molecule has 158 valence electrons. The Bertz CT molecular complexity index is 1020. The van der Waals surface area contributed by atoms with E-state index < -0.39 is 5.97 Å². The highest BCUT2D eigenvalue weighted by atomic mass is 16.5. The summed E-state index contributed by atoms with van der Waals surface area (Å²) in [7, 11) is 3.75. The number of imide groups is 1. The molecule has 2 aromatic rings. The Kier molecular flexibility index (Phi) is 6.47. The number of anilines is 1. The molecule has 8 nitrogen and oxygen atoms in total. The van der Waals surface area contributed by atoms with Crippen LogP contribution in [0.25, 0.3) is 10.8 Å². The number of hydrogen-bond acceptors (Lipinski definition) is 6. The highest BCUT2D eigenvalue weighted by Crippen LogP contribution is 2.32. The molecule has 3 amide bonds. The second kappa shape index (κ2) is 9.04. The summed E-state index contributed by atoms with van der Waals surface area (Å²) < 4.78 is 4.83. The van der Waals surface area contributed by atoms with Gasteiger partial charge in [0.25, 0.3) is 11.8 Å². The fourth-order valence-corrected chi connectivity index (χ4v) is 3.41. The first-order valence-corrected chi connectivity index (χ1v) is 9.85. The maximum Gasteiger partial charge on any atom is 0.306 e. The van der Waals surface area contributed by atoms with Crippen molar-refractivity contribution >= 4 is 40.2 Å². The summed E-state index contributed by atoms with van der Waals surface area (Å²) in [6, 6.07) is 8.57. The Morgan fingerprint density at radius 3 is 2.50 bits per heavy atom. The maximum absolute atomic E-state index is 13.1. The van der Waals surface area contributed by atoms with Crippen LogP contribution in [0.15, 0.2) is 30.3 Å². The Morgan fingerprint density at radius 1 is 1.07 bits per heavy atom. The monoisotopic (exact) mass is 411 g/mol. The molecule has 0 radical (unpaired) electrons. The fraction of sp³-hybridized carbons (Fsp3) is 0.364. The number of esters is 1. The SMILES string of the molecule is CCOC(=O)CCC(=O)Nc1cc2c3c(cccc3c1)C(=O)N(CCN(C)C)C2=O. The smallest absolute Gasteiger partial charge is 0.306 e. The van der Waals surface area contributed by atoms with Crippen molar-refractivity contribution in [2.75, 3.05) is 39.1 Å². The van der Waals surface area contributed by atoms with Gasteiger partial charge in [0.2, 0.25) is 5.91 Å². The molecule has 0 fully saturated rings. The van der Waals surface area contributed by atoms with Gasteiger partial charge >= 0.3 is 5.97 Å². The second-order valence-corrected chi connectivity index (χ2v) is 7.35. The zero-order chi connectivity index (χ0) is 21.8. The van der Waals surface area contributed by atoms with Crippen molar-refractivity contribution in [2.45, 2.75) is 19.8 Å². The Labute approximate surface area is 174 Å². The van der Waals surface area contributed by atoms with Gasteiger partial charge in [0.1, 0.15) is 0 Å². The maximum atomic E-state index is 13.1. The normalized spacial score (nSPS) is 13.1. The first-order chi connectivity index (χ1) is 14.3. The van der Waals surface area contributed by atoms with Gasteiger partial charge in [-0.1, -0.05) is 12.1 Å². The van der Waals surface area contributed by atoms with Crippen LogP contribution in [-0.2, 0) is 14.3 Å². The first kappa shape index (κ1) is 21.4. The van der Waals surface area contributed by atoms with Crippen molar-refractivity contribution in [3.05, 3.63) is 41.5 Å². The molecule has 1 aliphatic rings. The average Bonchev–Trinajstić information content (AvgIpc) is 2.70. The number of likely N-dealkylation sites (N-methyl/N-ethyl adjacent to an activating group) is 1. The van der Waals surface area contributed by atoms with Gasteiger partial charge in [-0.15, -0.1) is 0 Å². The average molecular weight is 411 g/mol. The number of amides is 3. The Hall–Kier alpha value is -3.26. The third kappa shape index (κ3) is 4.49. The number of nitrogens with zero attached hydrogens (tertiary/aromatic N) is 2. The van der Waals surface area contributed by atoms with E-state index >= 15 is 0 Å². The van der Waals surface area contributed by atoms with Crippen molar-refractivity contribution in [1.82, 2.24) is 9.80 Å². The molecule has 0 bridgehead atoms. The third-order valence-electron chi connectivity index (χ3n) is 4.84. The molecular formula is C22H25N3O5. The third-order valence-corrected chi connectivity index (χ3v) is 4.84. The Balaban J connectivity index is 1.88. The van der Waals surface area contributed by atoms with Crippen LogP contribution in [0.2, 0.25) is 0 Å². The van der Waals surface area contributed by atoms with Crippen LogP contribution in [0.3, 0.4) is 0 Å². The highest BCUT2D eigenvalue weighted by Gasteiger charge is 2.33. The van der Waals surface area contributed by atoms with Crippen molar-refractivity contribution in [1.29, 1.82) is 0 Å².